The lowest BCUT2D eigenvalue weighted by atomic mass is 10.1. The molecule has 9 heteroatoms. The van der Waals surface area contributed by atoms with E-state index in [0.29, 0.717) is 11.7 Å². The first-order valence-corrected chi connectivity index (χ1v) is 13.2. The number of ether oxygens (including phenoxy) is 1. The van der Waals surface area contributed by atoms with Gasteiger partial charge in [0.15, 0.2) is 15.0 Å². The van der Waals surface area contributed by atoms with Crippen LogP contribution in [-0.2, 0) is 21.1 Å². The number of amides is 1. The predicted molar refractivity (Wildman–Crippen MR) is 134 cm³/mol. The van der Waals surface area contributed by atoms with E-state index in [9.17, 15) is 13.2 Å². The molecule has 1 amide bonds. The summed E-state index contributed by atoms with van der Waals surface area (Å²) in [6.07, 6.45) is 0.979. The topological polar surface area (TPSA) is 79.8 Å². The van der Waals surface area contributed by atoms with Gasteiger partial charge in [0.2, 0.25) is 5.91 Å². The fourth-order valence-corrected chi connectivity index (χ4v) is 5.44. The van der Waals surface area contributed by atoms with Gasteiger partial charge in [-0.05, 0) is 76.8 Å². The lowest BCUT2D eigenvalue weighted by Crippen LogP contribution is -2.34. The van der Waals surface area contributed by atoms with Crippen LogP contribution in [0, 0.1) is 0 Å². The van der Waals surface area contributed by atoms with Crippen molar-refractivity contribution >= 4 is 42.4 Å². The molecule has 0 radical (unpaired) electrons. The fraction of sp³-hybridized carbons (Fsp3) is 0.417. The molecule has 1 heterocycles. The smallest absolute Gasteiger partial charge is 0.233 e. The Morgan fingerprint density at radius 3 is 2.39 bits per heavy atom. The quantitative estimate of drug-likeness (QED) is 0.428. The summed E-state index contributed by atoms with van der Waals surface area (Å²) in [4.78, 5) is 22.1. The Kier molecular flexibility index (Phi) is 8.10. The highest BCUT2D eigenvalue weighted by Gasteiger charge is 2.22. The Morgan fingerprint density at radius 1 is 1.09 bits per heavy atom. The summed E-state index contributed by atoms with van der Waals surface area (Å²) in [7, 11) is 2.29. The van der Waals surface area contributed by atoms with E-state index in [1.807, 2.05) is 32.3 Å². The second-order valence-electron chi connectivity index (χ2n) is 8.45. The molecule has 0 saturated heterocycles. The number of benzene rings is 2. The van der Waals surface area contributed by atoms with Gasteiger partial charge in [-0.15, -0.1) is 0 Å². The zero-order valence-corrected chi connectivity index (χ0v) is 21.4. The summed E-state index contributed by atoms with van der Waals surface area (Å²) in [5.41, 5.74) is 1.59. The van der Waals surface area contributed by atoms with E-state index in [4.69, 9.17) is 4.74 Å². The molecule has 2 aromatic carbocycles. The highest BCUT2D eigenvalue weighted by atomic mass is 32.2. The van der Waals surface area contributed by atoms with Crippen molar-refractivity contribution in [2.45, 2.75) is 36.8 Å². The largest absolute Gasteiger partial charge is 0.497 e. The van der Waals surface area contributed by atoms with Crippen molar-refractivity contribution in [1.29, 1.82) is 0 Å². The first-order chi connectivity index (χ1) is 15.6. The van der Waals surface area contributed by atoms with Crippen molar-refractivity contribution in [2.75, 3.05) is 39.2 Å². The zero-order chi connectivity index (χ0) is 24.2. The summed E-state index contributed by atoms with van der Waals surface area (Å²) >= 11 is 1.46. The molecular formula is C24H31N3O4S2. The fourth-order valence-electron chi connectivity index (χ4n) is 3.35. The van der Waals surface area contributed by atoms with Crippen molar-refractivity contribution in [3.63, 3.8) is 0 Å². The van der Waals surface area contributed by atoms with Gasteiger partial charge in [-0.3, -0.25) is 9.69 Å². The highest BCUT2D eigenvalue weighted by Crippen LogP contribution is 2.32. The van der Waals surface area contributed by atoms with Crippen LogP contribution in [0.1, 0.15) is 25.8 Å². The van der Waals surface area contributed by atoms with Crippen LogP contribution in [-0.4, -0.2) is 63.8 Å². The van der Waals surface area contributed by atoms with Crippen molar-refractivity contribution in [3.8, 4) is 5.75 Å². The minimum atomic E-state index is -3.34. The molecule has 0 N–H and O–H groups in total. The number of hydrogen-bond acceptors (Lipinski definition) is 7. The summed E-state index contributed by atoms with van der Waals surface area (Å²) in [6, 6.07) is 12.3. The maximum Gasteiger partial charge on any atom is 0.233 e. The Labute approximate surface area is 199 Å². The third-order valence-electron chi connectivity index (χ3n) is 5.33. The minimum absolute atomic E-state index is 0.0701. The molecule has 178 valence electrons. The molecule has 0 aliphatic rings. The molecular weight excluding hydrogens is 458 g/mol. The van der Waals surface area contributed by atoms with Gasteiger partial charge >= 0.3 is 0 Å². The highest BCUT2D eigenvalue weighted by molar-refractivity contribution is 7.92. The Bertz CT molecular complexity index is 1200. The molecule has 0 aliphatic heterocycles. The first kappa shape index (κ1) is 25.1. The summed E-state index contributed by atoms with van der Waals surface area (Å²) < 4.78 is 31.0. The van der Waals surface area contributed by atoms with Crippen LogP contribution in [0.3, 0.4) is 0 Å². The van der Waals surface area contributed by atoms with Gasteiger partial charge < -0.3 is 9.64 Å². The number of carbonyl (C=O) groups is 1. The van der Waals surface area contributed by atoms with Gasteiger partial charge in [-0.2, -0.15) is 0 Å². The number of anilines is 1. The van der Waals surface area contributed by atoms with Gasteiger partial charge in [-0.1, -0.05) is 23.5 Å². The standard InChI is InChI=1S/C24H31N3O4S2/c1-17(2)33(29,30)20-10-7-18(8-11-20)15-23(28)27(14-6-13-26(3)4)24-25-21-12-9-19(31-5)16-22(21)32-24/h7-12,16-17H,6,13-15H2,1-5H3. The molecule has 0 bridgehead atoms. The Balaban J connectivity index is 1.84. The van der Waals surface area contributed by atoms with E-state index in [0.717, 1.165) is 34.5 Å². The van der Waals surface area contributed by atoms with Crippen molar-refractivity contribution in [3.05, 3.63) is 48.0 Å². The Morgan fingerprint density at radius 2 is 1.79 bits per heavy atom. The maximum absolute atomic E-state index is 13.3. The molecule has 0 unspecified atom stereocenters. The van der Waals surface area contributed by atoms with Gasteiger partial charge in [0, 0.05) is 6.54 Å². The summed E-state index contributed by atoms with van der Waals surface area (Å²) in [5.74, 6) is 0.680. The van der Waals surface area contributed by atoms with Crippen LogP contribution < -0.4 is 9.64 Å². The molecule has 33 heavy (non-hydrogen) atoms. The Hall–Kier alpha value is -2.49. The average Bonchev–Trinajstić information content (AvgIpc) is 3.19. The van der Waals surface area contributed by atoms with Crippen LogP contribution >= 0.6 is 11.3 Å². The van der Waals surface area contributed by atoms with E-state index in [2.05, 4.69) is 9.88 Å². The third kappa shape index (κ3) is 6.10. The summed E-state index contributed by atoms with van der Waals surface area (Å²) in [6.45, 7) is 4.72. The molecule has 3 rings (SSSR count). The average molecular weight is 490 g/mol. The van der Waals surface area contributed by atoms with Gasteiger partial charge in [0.25, 0.3) is 0 Å². The van der Waals surface area contributed by atoms with Crippen molar-refractivity contribution in [2.24, 2.45) is 0 Å². The van der Waals surface area contributed by atoms with E-state index in [1.165, 1.54) is 11.3 Å². The van der Waals surface area contributed by atoms with Crippen LogP contribution in [0.25, 0.3) is 10.2 Å². The van der Waals surface area contributed by atoms with Crippen molar-refractivity contribution < 1.29 is 17.9 Å². The number of fused-ring (bicyclic) bond motifs is 1. The molecule has 3 aromatic rings. The predicted octanol–water partition coefficient (Wildman–Crippen LogP) is 4.01. The number of methoxy groups -OCH3 is 1. The summed E-state index contributed by atoms with van der Waals surface area (Å²) in [5, 5.41) is 0.163. The minimum Gasteiger partial charge on any atom is -0.497 e. The van der Waals surface area contributed by atoms with Crippen LogP contribution in [0.15, 0.2) is 47.4 Å². The van der Waals surface area contributed by atoms with Gasteiger partial charge in [0.05, 0.1) is 33.9 Å². The normalized spacial score (nSPS) is 12.0. The number of carbonyl (C=O) groups excluding carboxylic acids is 1. The number of rotatable bonds is 10. The van der Waals surface area contributed by atoms with Crippen LogP contribution in [0.2, 0.25) is 0 Å². The monoisotopic (exact) mass is 489 g/mol. The van der Waals surface area contributed by atoms with Gasteiger partial charge in [0.1, 0.15) is 5.75 Å². The molecule has 0 atom stereocenters. The van der Waals surface area contributed by atoms with Crippen molar-refractivity contribution in [1.82, 2.24) is 9.88 Å². The van der Waals surface area contributed by atoms with E-state index >= 15 is 0 Å². The lowest BCUT2D eigenvalue weighted by Gasteiger charge is -2.21. The van der Waals surface area contributed by atoms with E-state index in [-0.39, 0.29) is 17.2 Å². The number of nitrogens with zero attached hydrogens (tertiary/aromatic N) is 3. The maximum atomic E-state index is 13.3. The van der Waals surface area contributed by atoms with Crippen LogP contribution in [0.4, 0.5) is 5.13 Å². The van der Waals surface area contributed by atoms with E-state index in [1.54, 1.807) is 50.1 Å². The van der Waals surface area contributed by atoms with Crippen LogP contribution in [0.5, 0.6) is 5.75 Å². The molecule has 0 spiro atoms. The number of hydrogen-bond donors (Lipinski definition) is 0. The number of sulfone groups is 1. The number of aromatic nitrogens is 1. The van der Waals surface area contributed by atoms with Gasteiger partial charge in [-0.25, -0.2) is 13.4 Å². The molecule has 1 aromatic heterocycles. The second kappa shape index (κ2) is 10.6. The molecule has 7 nitrogen and oxygen atoms in total. The molecule has 0 fully saturated rings. The third-order valence-corrected chi connectivity index (χ3v) is 8.54. The lowest BCUT2D eigenvalue weighted by molar-refractivity contribution is -0.118. The zero-order valence-electron chi connectivity index (χ0n) is 19.7. The molecule has 0 saturated carbocycles. The molecule has 0 aliphatic carbocycles. The number of thiazole rings is 1. The van der Waals surface area contributed by atoms with E-state index < -0.39 is 15.1 Å². The first-order valence-electron chi connectivity index (χ1n) is 10.8. The second-order valence-corrected chi connectivity index (χ2v) is 12.0. The SMILES string of the molecule is COc1ccc2nc(N(CCCN(C)C)C(=O)Cc3ccc(S(=O)(=O)C(C)C)cc3)sc2c1.